The van der Waals surface area contributed by atoms with Gasteiger partial charge in [0.25, 0.3) is 0 Å². The summed E-state index contributed by atoms with van der Waals surface area (Å²) in [4.78, 5) is 4.50. The monoisotopic (exact) mass is 317 g/mol. The Kier molecular flexibility index (Phi) is 15.9. The molecule has 0 atom stereocenters. The molecule has 2 N–H and O–H groups in total. The van der Waals surface area contributed by atoms with Gasteiger partial charge < -0.3 is 24.8 Å². The van der Waals surface area contributed by atoms with E-state index in [1.54, 1.807) is 7.11 Å². The maximum atomic E-state index is 5.58. The number of rotatable bonds is 14. The fourth-order valence-corrected chi connectivity index (χ4v) is 1.61. The molecule has 0 amide bonds. The summed E-state index contributed by atoms with van der Waals surface area (Å²) < 4.78 is 15.9. The van der Waals surface area contributed by atoms with E-state index in [-0.39, 0.29) is 0 Å². The molecule has 0 saturated carbocycles. The van der Waals surface area contributed by atoms with E-state index in [2.05, 4.69) is 36.4 Å². The molecule has 0 aromatic rings. The molecular weight excluding hydrogens is 282 g/mol. The predicted molar refractivity (Wildman–Crippen MR) is 91.6 cm³/mol. The predicted octanol–water partition coefficient (Wildman–Crippen LogP) is 1.66. The highest BCUT2D eigenvalue weighted by Crippen LogP contribution is 1.98. The first-order valence-electron chi connectivity index (χ1n) is 8.37. The second-order valence-electron chi connectivity index (χ2n) is 5.44. The number of guanidine groups is 1. The zero-order valence-corrected chi connectivity index (χ0v) is 14.8. The normalized spacial score (nSPS) is 12.0. The minimum Gasteiger partial charge on any atom is -0.382 e. The van der Waals surface area contributed by atoms with Gasteiger partial charge in [-0.25, -0.2) is 0 Å². The third-order valence-electron chi connectivity index (χ3n) is 2.87. The number of hydrogen-bond donors (Lipinski definition) is 2. The van der Waals surface area contributed by atoms with Crippen LogP contribution in [0.25, 0.3) is 0 Å². The molecule has 6 heteroatoms. The Morgan fingerprint density at radius 1 is 1.00 bits per heavy atom. The van der Waals surface area contributed by atoms with Gasteiger partial charge in [-0.05, 0) is 25.7 Å². The lowest BCUT2D eigenvalue weighted by Gasteiger charge is -2.12. The lowest BCUT2D eigenvalue weighted by Crippen LogP contribution is -2.39. The summed E-state index contributed by atoms with van der Waals surface area (Å²) in [5.74, 6) is 1.53. The molecule has 0 bridgehead atoms. The van der Waals surface area contributed by atoms with E-state index in [9.17, 15) is 0 Å². The zero-order chi connectivity index (χ0) is 16.5. The van der Waals surface area contributed by atoms with Gasteiger partial charge in [-0.2, -0.15) is 0 Å². The molecule has 0 heterocycles. The number of hydrogen-bond acceptors (Lipinski definition) is 4. The van der Waals surface area contributed by atoms with E-state index in [1.165, 1.54) is 0 Å². The minimum atomic E-state index is 0.643. The molecule has 6 nitrogen and oxygen atoms in total. The second-order valence-corrected chi connectivity index (χ2v) is 5.44. The van der Waals surface area contributed by atoms with Crippen molar-refractivity contribution in [1.29, 1.82) is 0 Å². The topological polar surface area (TPSA) is 64.1 Å². The highest BCUT2D eigenvalue weighted by molar-refractivity contribution is 5.79. The van der Waals surface area contributed by atoms with Crippen LogP contribution in [0.3, 0.4) is 0 Å². The van der Waals surface area contributed by atoms with Crippen LogP contribution in [0.1, 0.15) is 33.6 Å². The summed E-state index contributed by atoms with van der Waals surface area (Å²) in [6, 6.07) is 0. The van der Waals surface area contributed by atoms with Crippen molar-refractivity contribution in [1.82, 2.24) is 10.6 Å². The van der Waals surface area contributed by atoms with Crippen LogP contribution in [0, 0.1) is 5.92 Å². The fraction of sp³-hybridized carbons (Fsp3) is 0.938. The summed E-state index contributed by atoms with van der Waals surface area (Å²) in [6.07, 6.45) is 2.02. The lowest BCUT2D eigenvalue weighted by molar-refractivity contribution is 0.0702. The largest absolute Gasteiger partial charge is 0.382 e. The van der Waals surface area contributed by atoms with Gasteiger partial charge in [0, 0.05) is 40.0 Å². The molecule has 0 aromatic heterocycles. The van der Waals surface area contributed by atoms with E-state index in [1.807, 2.05) is 0 Å². The average Bonchev–Trinajstić information content (AvgIpc) is 2.49. The number of nitrogens with one attached hydrogen (secondary N) is 2. The van der Waals surface area contributed by atoms with Gasteiger partial charge in [-0.15, -0.1) is 0 Å². The molecule has 0 spiro atoms. The molecule has 0 aliphatic heterocycles. The van der Waals surface area contributed by atoms with Crippen LogP contribution in [0.4, 0.5) is 0 Å². The highest BCUT2D eigenvalue weighted by Gasteiger charge is 1.97. The molecule has 0 fully saturated rings. The van der Waals surface area contributed by atoms with E-state index in [0.29, 0.717) is 32.3 Å². The first-order valence-corrected chi connectivity index (χ1v) is 8.37. The van der Waals surface area contributed by atoms with E-state index < -0.39 is 0 Å². The summed E-state index contributed by atoms with van der Waals surface area (Å²) in [5.41, 5.74) is 0. The van der Waals surface area contributed by atoms with Gasteiger partial charge in [-0.3, -0.25) is 4.99 Å². The van der Waals surface area contributed by atoms with Gasteiger partial charge in [-0.1, -0.05) is 13.8 Å². The van der Waals surface area contributed by atoms with E-state index in [0.717, 1.165) is 45.0 Å². The van der Waals surface area contributed by atoms with Crippen molar-refractivity contribution in [2.45, 2.75) is 33.6 Å². The molecule has 0 saturated heterocycles. The lowest BCUT2D eigenvalue weighted by atomic mass is 10.1. The average molecular weight is 317 g/mol. The van der Waals surface area contributed by atoms with Crippen LogP contribution in [0.5, 0.6) is 0 Å². The van der Waals surface area contributed by atoms with Crippen molar-refractivity contribution in [3.63, 3.8) is 0 Å². The number of ether oxygens (including phenoxy) is 3. The minimum absolute atomic E-state index is 0.643. The van der Waals surface area contributed by atoms with Gasteiger partial charge in [0.1, 0.15) is 0 Å². The van der Waals surface area contributed by atoms with E-state index in [4.69, 9.17) is 14.2 Å². The molecule has 0 unspecified atom stereocenters. The van der Waals surface area contributed by atoms with Gasteiger partial charge in [0.2, 0.25) is 0 Å². The van der Waals surface area contributed by atoms with Crippen LogP contribution >= 0.6 is 0 Å². The smallest absolute Gasteiger partial charge is 0.191 e. The standard InChI is InChI=1S/C16H35N3O3/c1-5-17-16(18-8-6-10-21-14-13-20-4)19-9-12-22-11-7-15(2)3/h15H,5-14H2,1-4H3,(H2,17,18,19). The zero-order valence-electron chi connectivity index (χ0n) is 14.8. The Balaban J connectivity index is 3.64. The molecule has 0 aliphatic carbocycles. The van der Waals surface area contributed by atoms with Crippen molar-refractivity contribution < 1.29 is 14.2 Å². The van der Waals surface area contributed by atoms with Gasteiger partial charge in [0.05, 0.1) is 19.8 Å². The van der Waals surface area contributed by atoms with Crippen LogP contribution in [-0.2, 0) is 14.2 Å². The van der Waals surface area contributed by atoms with Gasteiger partial charge in [0.15, 0.2) is 5.96 Å². The Hall–Kier alpha value is -0.850. The first-order chi connectivity index (χ1) is 10.7. The molecule has 0 aliphatic rings. The molecule has 132 valence electrons. The van der Waals surface area contributed by atoms with E-state index >= 15 is 0 Å². The molecule has 22 heavy (non-hydrogen) atoms. The summed E-state index contributed by atoms with van der Waals surface area (Å²) in [7, 11) is 1.68. The molecule has 0 rings (SSSR count). The first kappa shape index (κ1) is 21.1. The van der Waals surface area contributed by atoms with Crippen molar-refractivity contribution in [3.8, 4) is 0 Å². The maximum absolute atomic E-state index is 5.58. The number of methoxy groups -OCH3 is 1. The summed E-state index contributed by atoms with van der Waals surface area (Å²) >= 11 is 0. The van der Waals surface area contributed by atoms with Crippen LogP contribution in [-0.4, -0.2) is 65.7 Å². The van der Waals surface area contributed by atoms with Gasteiger partial charge >= 0.3 is 0 Å². The van der Waals surface area contributed by atoms with Crippen LogP contribution in [0.2, 0.25) is 0 Å². The second kappa shape index (κ2) is 16.5. The van der Waals surface area contributed by atoms with Crippen molar-refractivity contribution >= 4 is 5.96 Å². The summed E-state index contributed by atoms with van der Waals surface area (Å²) in [5, 5.41) is 6.50. The maximum Gasteiger partial charge on any atom is 0.191 e. The highest BCUT2D eigenvalue weighted by atomic mass is 16.5. The Morgan fingerprint density at radius 2 is 1.77 bits per heavy atom. The third-order valence-corrected chi connectivity index (χ3v) is 2.87. The molecular formula is C16H35N3O3. The Morgan fingerprint density at radius 3 is 2.45 bits per heavy atom. The van der Waals surface area contributed by atoms with Crippen molar-refractivity contribution in [2.24, 2.45) is 10.9 Å². The number of aliphatic imine (C=N–C) groups is 1. The number of nitrogens with zero attached hydrogens (tertiary/aromatic N) is 1. The van der Waals surface area contributed by atoms with Crippen LogP contribution in [0.15, 0.2) is 4.99 Å². The Bertz CT molecular complexity index is 261. The van der Waals surface area contributed by atoms with Crippen LogP contribution < -0.4 is 10.6 Å². The fourth-order valence-electron chi connectivity index (χ4n) is 1.61. The third kappa shape index (κ3) is 15.5. The van der Waals surface area contributed by atoms with Crippen molar-refractivity contribution in [3.05, 3.63) is 0 Å². The quantitative estimate of drug-likeness (QED) is 0.290. The summed E-state index contributed by atoms with van der Waals surface area (Å²) in [6.45, 7) is 12.4. The van der Waals surface area contributed by atoms with Crippen molar-refractivity contribution in [2.75, 3.05) is 59.8 Å². The molecule has 0 radical (unpaired) electrons. The Labute approximate surface area is 136 Å². The SMILES string of the molecule is CCNC(=NCCCOCCOC)NCCOCCC(C)C. The molecule has 0 aromatic carbocycles.